The minimum absolute atomic E-state index is 0.115. The van der Waals surface area contributed by atoms with Crippen LogP contribution in [0.5, 0.6) is 0 Å². The molecular formula is C26H31N9O2. The van der Waals surface area contributed by atoms with Gasteiger partial charge in [0.15, 0.2) is 5.65 Å². The lowest BCUT2D eigenvalue weighted by Gasteiger charge is -2.29. The fourth-order valence-electron chi connectivity index (χ4n) is 5.30. The van der Waals surface area contributed by atoms with Crippen LogP contribution in [0.2, 0.25) is 0 Å². The number of hydrazone groups is 1. The van der Waals surface area contributed by atoms with E-state index in [-0.39, 0.29) is 18.0 Å². The van der Waals surface area contributed by atoms with E-state index in [1.165, 1.54) is 11.3 Å². The van der Waals surface area contributed by atoms with Crippen LogP contribution in [0.15, 0.2) is 41.8 Å². The second kappa shape index (κ2) is 9.29. The lowest BCUT2D eigenvalue weighted by atomic mass is 10.2. The van der Waals surface area contributed by atoms with Crippen LogP contribution in [0.4, 0.5) is 11.6 Å². The lowest BCUT2D eigenvalue weighted by molar-refractivity contribution is -0.121. The standard InChI is InChI=1S/C26H31N9O2/c36-22(30-19-4-5-19)6-7-34-24-21(15-29-34)23(24)31-26-27-13-18-14-28-35(25(18)32-26)16-17-2-1-3-20(12-17)33-8-10-37-11-9-33/h1-3,12-15,19,21,23-24H,4-11,16H2,(H,30,36)(H,27,31,32). The maximum atomic E-state index is 12.1. The fourth-order valence-corrected chi connectivity index (χ4v) is 5.30. The summed E-state index contributed by atoms with van der Waals surface area (Å²) in [6.45, 7) is 4.62. The van der Waals surface area contributed by atoms with Crippen molar-refractivity contribution in [3.63, 3.8) is 0 Å². The van der Waals surface area contributed by atoms with Crippen molar-refractivity contribution in [3.8, 4) is 0 Å². The summed E-state index contributed by atoms with van der Waals surface area (Å²) in [5.74, 6) is 1.03. The molecule has 3 aromatic rings. The SMILES string of the molecule is O=C(CCN1N=CC2C(Nc3ncc4cnn(Cc5cccc(N6CCOCC6)c5)c4n3)C21)NC1CC1. The number of nitrogens with zero attached hydrogens (tertiary/aromatic N) is 7. The molecule has 2 aliphatic carbocycles. The van der Waals surface area contributed by atoms with Gasteiger partial charge in [-0.05, 0) is 30.5 Å². The van der Waals surface area contributed by atoms with E-state index in [0.717, 1.165) is 50.2 Å². The molecule has 3 unspecified atom stereocenters. The zero-order valence-corrected chi connectivity index (χ0v) is 20.7. The zero-order valence-electron chi connectivity index (χ0n) is 20.7. The molecule has 1 aromatic carbocycles. The summed E-state index contributed by atoms with van der Waals surface area (Å²) in [6, 6.07) is 9.45. The quantitative estimate of drug-likeness (QED) is 0.453. The number of rotatable bonds is 9. The number of anilines is 2. The molecule has 0 radical (unpaired) electrons. The Morgan fingerprint density at radius 1 is 1.16 bits per heavy atom. The largest absolute Gasteiger partial charge is 0.378 e. The highest BCUT2D eigenvalue weighted by Gasteiger charge is 2.56. The molecule has 2 N–H and O–H groups in total. The Bertz CT molecular complexity index is 1330. The number of fused-ring (bicyclic) bond motifs is 2. The van der Waals surface area contributed by atoms with E-state index < -0.39 is 0 Å². The first-order chi connectivity index (χ1) is 18.2. The van der Waals surface area contributed by atoms with Crippen LogP contribution in [-0.4, -0.2) is 87.9 Å². The van der Waals surface area contributed by atoms with E-state index in [4.69, 9.17) is 9.72 Å². The molecule has 11 heteroatoms. The Hall–Kier alpha value is -3.73. The second-order valence-corrected chi connectivity index (χ2v) is 10.3. The molecule has 2 aliphatic heterocycles. The van der Waals surface area contributed by atoms with Crippen molar-refractivity contribution in [2.45, 2.75) is 43.9 Å². The van der Waals surface area contributed by atoms with Gasteiger partial charge in [-0.3, -0.25) is 9.80 Å². The van der Waals surface area contributed by atoms with E-state index in [9.17, 15) is 4.79 Å². The van der Waals surface area contributed by atoms with Gasteiger partial charge in [0.05, 0.1) is 43.4 Å². The molecule has 192 valence electrons. The van der Waals surface area contributed by atoms with E-state index in [0.29, 0.717) is 37.4 Å². The van der Waals surface area contributed by atoms with Gasteiger partial charge in [-0.15, -0.1) is 0 Å². The maximum Gasteiger partial charge on any atom is 0.225 e. The molecule has 2 saturated carbocycles. The molecule has 11 nitrogen and oxygen atoms in total. The van der Waals surface area contributed by atoms with Crippen LogP contribution in [-0.2, 0) is 16.1 Å². The number of ether oxygens (including phenoxy) is 1. The fraction of sp³-hybridized carbons (Fsp3) is 0.500. The number of aromatic nitrogens is 4. The number of hydrogen-bond acceptors (Lipinski definition) is 9. The number of carbonyl (C=O) groups is 1. The van der Waals surface area contributed by atoms with Crippen molar-refractivity contribution in [1.82, 2.24) is 30.1 Å². The molecule has 4 heterocycles. The number of carbonyl (C=O) groups excluding carboxylic acids is 1. The van der Waals surface area contributed by atoms with Gasteiger partial charge >= 0.3 is 0 Å². The first-order valence-corrected chi connectivity index (χ1v) is 13.2. The van der Waals surface area contributed by atoms with Crippen molar-refractivity contribution in [2.24, 2.45) is 11.0 Å². The van der Waals surface area contributed by atoms with Crippen molar-refractivity contribution in [3.05, 3.63) is 42.2 Å². The van der Waals surface area contributed by atoms with Crippen LogP contribution in [0.3, 0.4) is 0 Å². The highest BCUT2D eigenvalue weighted by atomic mass is 16.5. The molecule has 3 fully saturated rings. The predicted octanol–water partition coefficient (Wildman–Crippen LogP) is 1.46. The van der Waals surface area contributed by atoms with E-state index in [1.54, 1.807) is 0 Å². The Kier molecular flexibility index (Phi) is 5.64. The van der Waals surface area contributed by atoms with Crippen LogP contribution in [0.1, 0.15) is 24.8 Å². The zero-order chi connectivity index (χ0) is 24.8. The molecular weight excluding hydrogens is 470 g/mol. The van der Waals surface area contributed by atoms with Gasteiger partial charge in [-0.1, -0.05) is 12.1 Å². The molecule has 1 saturated heterocycles. The average Bonchev–Trinajstić information content (AvgIpc) is 3.78. The van der Waals surface area contributed by atoms with Crippen LogP contribution >= 0.6 is 0 Å². The number of benzene rings is 1. The summed E-state index contributed by atoms with van der Waals surface area (Å²) in [4.78, 5) is 23.8. The van der Waals surface area contributed by atoms with Gasteiger partial charge in [0.25, 0.3) is 0 Å². The summed E-state index contributed by atoms with van der Waals surface area (Å²) in [7, 11) is 0. The summed E-state index contributed by atoms with van der Waals surface area (Å²) in [5, 5.41) is 18.6. The topological polar surface area (TPSA) is 113 Å². The molecule has 2 aromatic heterocycles. The minimum atomic E-state index is 0.115. The number of hydrogen-bond donors (Lipinski definition) is 2. The summed E-state index contributed by atoms with van der Waals surface area (Å²) in [5.41, 5.74) is 3.20. The maximum absolute atomic E-state index is 12.1. The monoisotopic (exact) mass is 501 g/mol. The summed E-state index contributed by atoms with van der Waals surface area (Å²) in [6.07, 6.45) is 8.30. The Labute approximate surface area is 214 Å². The van der Waals surface area contributed by atoms with Crippen LogP contribution in [0.25, 0.3) is 11.0 Å². The van der Waals surface area contributed by atoms with Gasteiger partial charge < -0.3 is 20.3 Å². The first-order valence-electron chi connectivity index (χ1n) is 13.2. The van der Waals surface area contributed by atoms with Gasteiger partial charge in [0, 0.05) is 56.1 Å². The normalized spacial score (nSPS) is 24.4. The molecule has 3 atom stereocenters. The Balaban J connectivity index is 1.00. The summed E-state index contributed by atoms with van der Waals surface area (Å²) >= 11 is 0. The van der Waals surface area contributed by atoms with Gasteiger partial charge in [0.2, 0.25) is 11.9 Å². The molecule has 37 heavy (non-hydrogen) atoms. The van der Waals surface area contributed by atoms with Gasteiger partial charge in [-0.25, -0.2) is 9.67 Å². The van der Waals surface area contributed by atoms with E-state index >= 15 is 0 Å². The van der Waals surface area contributed by atoms with E-state index in [2.05, 4.69) is 55.0 Å². The molecule has 0 bridgehead atoms. The lowest BCUT2D eigenvalue weighted by Crippen LogP contribution is -2.36. The number of morpholine rings is 1. The van der Waals surface area contributed by atoms with Crippen LogP contribution in [0, 0.1) is 5.92 Å². The molecule has 0 spiro atoms. The highest BCUT2D eigenvalue weighted by Crippen LogP contribution is 2.41. The van der Waals surface area contributed by atoms with Crippen molar-refractivity contribution in [2.75, 3.05) is 43.1 Å². The third-order valence-electron chi connectivity index (χ3n) is 7.57. The number of nitrogens with one attached hydrogen (secondary N) is 2. The van der Waals surface area contributed by atoms with E-state index in [1.807, 2.05) is 28.3 Å². The third-order valence-corrected chi connectivity index (χ3v) is 7.57. The second-order valence-electron chi connectivity index (χ2n) is 10.3. The third kappa shape index (κ3) is 4.71. The van der Waals surface area contributed by atoms with Crippen molar-refractivity contribution < 1.29 is 9.53 Å². The minimum Gasteiger partial charge on any atom is -0.378 e. The smallest absolute Gasteiger partial charge is 0.225 e. The van der Waals surface area contributed by atoms with Gasteiger partial charge in [0.1, 0.15) is 0 Å². The molecule has 1 amide bonds. The number of amides is 1. The van der Waals surface area contributed by atoms with Crippen molar-refractivity contribution in [1.29, 1.82) is 0 Å². The van der Waals surface area contributed by atoms with Gasteiger partial charge in [-0.2, -0.15) is 15.2 Å². The Morgan fingerprint density at radius 2 is 2.05 bits per heavy atom. The highest BCUT2D eigenvalue weighted by molar-refractivity contribution is 5.78. The molecule has 4 aliphatic rings. The first kappa shape index (κ1) is 22.5. The van der Waals surface area contributed by atoms with Crippen LogP contribution < -0.4 is 15.5 Å². The van der Waals surface area contributed by atoms with Crippen molar-refractivity contribution >= 4 is 34.8 Å². The average molecular weight is 502 g/mol. The summed E-state index contributed by atoms with van der Waals surface area (Å²) < 4.78 is 7.42. The molecule has 7 rings (SSSR count). The Morgan fingerprint density at radius 3 is 2.92 bits per heavy atom. The predicted molar refractivity (Wildman–Crippen MR) is 140 cm³/mol.